The van der Waals surface area contributed by atoms with Crippen LogP contribution in [0.3, 0.4) is 0 Å². The zero-order valence-corrected chi connectivity index (χ0v) is 14.3. The normalized spacial score (nSPS) is 12.7. The number of halogens is 4. The standard InChI is InChI=1S/C14H13F4N5O2S/c1-7-3-9(15)10(4-11(7)26(25)6-14(16,17)18)23-13(24)8(5-19)12(20-2)21-22-23/h3-5,19-20H,6H2,1-2H3. The first-order valence-corrected chi connectivity index (χ1v) is 8.34. The average molecular weight is 391 g/mol. The van der Waals surface area contributed by atoms with Gasteiger partial charge in [0.05, 0.1) is 10.8 Å². The molecule has 26 heavy (non-hydrogen) atoms. The van der Waals surface area contributed by atoms with E-state index in [4.69, 9.17) is 5.41 Å². The first-order chi connectivity index (χ1) is 12.1. The molecule has 0 saturated heterocycles. The van der Waals surface area contributed by atoms with E-state index < -0.39 is 39.8 Å². The van der Waals surface area contributed by atoms with Crippen LogP contribution in [0.1, 0.15) is 11.1 Å². The molecule has 2 N–H and O–H groups in total. The Morgan fingerprint density at radius 2 is 2.04 bits per heavy atom. The maximum absolute atomic E-state index is 14.3. The third-order valence-electron chi connectivity index (χ3n) is 3.31. The lowest BCUT2D eigenvalue weighted by Gasteiger charge is -2.13. The molecule has 1 aromatic carbocycles. The van der Waals surface area contributed by atoms with E-state index in [1.807, 2.05) is 0 Å². The lowest BCUT2D eigenvalue weighted by atomic mass is 10.2. The molecule has 0 aliphatic heterocycles. The molecule has 0 fully saturated rings. The van der Waals surface area contributed by atoms with Crippen molar-refractivity contribution in [2.75, 3.05) is 18.1 Å². The van der Waals surface area contributed by atoms with Gasteiger partial charge < -0.3 is 10.7 Å². The lowest BCUT2D eigenvalue weighted by Crippen LogP contribution is -2.28. The van der Waals surface area contributed by atoms with Crippen molar-refractivity contribution >= 4 is 22.8 Å². The summed E-state index contributed by atoms with van der Waals surface area (Å²) in [4.78, 5) is 12.1. The van der Waals surface area contributed by atoms with Crippen LogP contribution in [0, 0.1) is 18.2 Å². The number of benzene rings is 1. The number of nitrogens with one attached hydrogen (secondary N) is 2. The third-order valence-corrected chi connectivity index (χ3v) is 4.83. The topological polar surface area (TPSA) is 101 Å². The van der Waals surface area contributed by atoms with Gasteiger partial charge in [0.25, 0.3) is 5.56 Å². The van der Waals surface area contributed by atoms with Crippen molar-refractivity contribution in [3.05, 3.63) is 39.4 Å². The predicted octanol–water partition coefficient (Wildman–Crippen LogP) is 1.78. The molecule has 7 nitrogen and oxygen atoms in total. The van der Waals surface area contributed by atoms with Crippen molar-refractivity contribution in [2.24, 2.45) is 0 Å². The Labute approximate surface area is 147 Å². The Hall–Kier alpha value is -2.63. The fraction of sp³-hybridized carbons (Fsp3) is 0.286. The molecule has 0 spiro atoms. The van der Waals surface area contributed by atoms with Crippen molar-refractivity contribution in [1.82, 2.24) is 15.0 Å². The number of aromatic nitrogens is 3. The van der Waals surface area contributed by atoms with Crippen LogP contribution in [0.2, 0.25) is 0 Å². The zero-order chi connectivity index (χ0) is 19.6. The summed E-state index contributed by atoms with van der Waals surface area (Å²) in [6.45, 7) is 1.30. The molecule has 1 heterocycles. The molecular formula is C14H13F4N5O2S. The maximum atomic E-state index is 14.3. The zero-order valence-electron chi connectivity index (χ0n) is 13.5. The lowest BCUT2D eigenvalue weighted by molar-refractivity contribution is -0.105. The van der Waals surface area contributed by atoms with E-state index in [9.17, 15) is 26.6 Å². The monoisotopic (exact) mass is 391 g/mol. The number of aryl methyl sites for hydroxylation is 1. The summed E-state index contributed by atoms with van der Waals surface area (Å²) >= 11 is 0. The van der Waals surface area contributed by atoms with Crippen molar-refractivity contribution in [1.29, 1.82) is 5.41 Å². The third kappa shape index (κ3) is 3.95. The second kappa shape index (κ2) is 7.32. The fourth-order valence-corrected chi connectivity index (χ4v) is 3.26. The van der Waals surface area contributed by atoms with Crippen LogP contribution >= 0.6 is 0 Å². The van der Waals surface area contributed by atoms with E-state index in [2.05, 4.69) is 15.6 Å². The fourth-order valence-electron chi connectivity index (χ4n) is 2.15. The molecule has 0 bridgehead atoms. The molecule has 0 amide bonds. The molecule has 0 saturated carbocycles. The van der Waals surface area contributed by atoms with E-state index in [1.165, 1.54) is 14.0 Å². The van der Waals surface area contributed by atoms with Crippen LogP contribution in [0.5, 0.6) is 0 Å². The average Bonchev–Trinajstić information content (AvgIpc) is 2.53. The van der Waals surface area contributed by atoms with Crippen molar-refractivity contribution < 1.29 is 21.8 Å². The molecule has 0 radical (unpaired) electrons. The molecule has 0 aliphatic rings. The predicted molar refractivity (Wildman–Crippen MR) is 87.1 cm³/mol. The van der Waals surface area contributed by atoms with Crippen LogP contribution in [-0.4, -0.2) is 44.4 Å². The molecule has 140 valence electrons. The first-order valence-electron chi connectivity index (χ1n) is 7.03. The molecule has 2 rings (SSSR count). The molecule has 12 heteroatoms. The molecule has 1 unspecified atom stereocenters. The minimum atomic E-state index is -4.68. The summed E-state index contributed by atoms with van der Waals surface area (Å²) in [5.74, 6) is -2.58. The van der Waals surface area contributed by atoms with Gasteiger partial charge in [-0.15, -0.1) is 5.10 Å². The van der Waals surface area contributed by atoms with E-state index in [0.29, 0.717) is 10.9 Å². The van der Waals surface area contributed by atoms with Gasteiger partial charge in [0.1, 0.15) is 22.8 Å². The van der Waals surface area contributed by atoms with Crippen LogP contribution in [0.15, 0.2) is 21.8 Å². The first kappa shape index (κ1) is 19.7. The van der Waals surface area contributed by atoms with Crippen LogP contribution in [-0.2, 0) is 10.8 Å². The summed E-state index contributed by atoms with van der Waals surface area (Å²) in [7, 11) is -1.05. The van der Waals surface area contributed by atoms with Gasteiger partial charge in [-0.1, -0.05) is 5.21 Å². The summed E-state index contributed by atoms with van der Waals surface area (Å²) in [6.07, 6.45) is -3.99. The minimum Gasteiger partial charge on any atom is -0.371 e. The molecule has 0 aliphatic carbocycles. The SMILES string of the molecule is CNc1nnn(-c2cc(S(=O)CC(F)(F)F)c(C)cc2F)c(=O)c1C=N. The Morgan fingerprint density at radius 1 is 1.38 bits per heavy atom. The van der Waals surface area contributed by atoms with E-state index in [0.717, 1.165) is 12.1 Å². The minimum absolute atomic E-state index is 0.0189. The number of anilines is 1. The van der Waals surface area contributed by atoms with Crippen molar-refractivity contribution in [2.45, 2.75) is 18.0 Å². The highest BCUT2D eigenvalue weighted by Gasteiger charge is 2.32. The number of hydrogen-bond acceptors (Lipinski definition) is 6. The van der Waals surface area contributed by atoms with Gasteiger partial charge >= 0.3 is 6.18 Å². The second-order valence-electron chi connectivity index (χ2n) is 5.14. The van der Waals surface area contributed by atoms with E-state index in [1.54, 1.807) is 0 Å². The Morgan fingerprint density at radius 3 is 2.58 bits per heavy atom. The number of rotatable bonds is 5. The Kier molecular flexibility index (Phi) is 5.54. The van der Waals surface area contributed by atoms with Gasteiger partial charge in [0.2, 0.25) is 0 Å². The maximum Gasteiger partial charge on any atom is 0.400 e. The van der Waals surface area contributed by atoms with Crippen LogP contribution < -0.4 is 10.9 Å². The molecule has 1 aromatic heterocycles. The van der Waals surface area contributed by atoms with Gasteiger partial charge in [-0.3, -0.25) is 9.00 Å². The smallest absolute Gasteiger partial charge is 0.371 e. The summed E-state index contributed by atoms with van der Waals surface area (Å²) < 4.78 is 64.3. The number of nitrogens with zero attached hydrogens (tertiary/aromatic N) is 3. The Balaban J connectivity index is 2.65. The summed E-state index contributed by atoms with van der Waals surface area (Å²) in [6, 6.07) is 1.73. The highest BCUT2D eigenvalue weighted by Crippen LogP contribution is 2.25. The second-order valence-corrected chi connectivity index (χ2v) is 6.56. The molecule has 1 atom stereocenters. The number of alkyl halides is 3. The van der Waals surface area contributed by atoms with Gasteiger partial charge in [0.15, 0.2) is 5.82 Å². The van der Waals surface area contributed by atoms with E-state index >= 15 is 0 Å². The van der Waals surface area contributed by atoms with Gasteiger partial charge in [0, 0.05) is 18.2 Å². The quantitative estimate of drug-likeness (QED) is 0.598. The summed E-state index contributed by atoms with van der Waals surface area (Å²) in [5, 5.41) is 17.0. The highest BCUT2D eigenvalue weighted by atomic mass is 32.2. The Bertz CT molecular complexity index is 942. The number of hydrogen-bond donors (Lipinski definition) is 2. The van der Waals surface area contributed by atoms with Crippen LogP contribution in [0.25, 0.3) is 5.69 Å². The van der Waals surface area contributed by atoms with Crippen molar-refractivity contribution in [3.63, 3.8) is 0 Å². The summed E-state index contributed by atoms with van der Waals surface area (Å²) in [5.41, 5.74) is -1.60. The van der Waals surface area contributed by atoms with Crippen molar-refractivity contribution in [3.8, 4) is 5.69 Å². The van der Waals surface area contributed by atoms with Crippen LogP contribution in [0.4, 0.5) is 23.4 Å². The molecular weight excluding hydrogens is 378 g/mol. The van der Waals surface area contributed by atoms with Gasteiger partial charge in [-0.25, -0.2) is 4.39 Å². The van der Waals surface area contributed by atoms with Gasteiger partial charge in [-0.2, -0.15) is 17.9 Å². The highest BCUT2D eigenvalue weighted by molar-refractivity contribution is 7.85. The largest absolute Gasteiger partial charge is 0.400 e. The van der Waals surface area contributed by atoms with E-state index in [-0.39, 0.29) is 21.8 Å². The van der Waals surface area contributed by atoms with Gasteiger partial charge in [-0.05, 0) is 24.6 Å². The molecule has 2 aromatic rings.